The van der Waals surface area contributed by atoms with Crippen LogP contribution in [0.4, 0.5) is 0 Å². The molecule has 6 aromatic carbocycles. The highest BCUT2D eigenvalue weighted by atomic mass is 16.3. The molecule has 1 N–H and O–H groups in total. The number of nitrogens with zero attached hydrogens (tertiary/aromatic N) is 3. The number of allylic oxidation sites excluding steroid dienone is 2. The first-order valence-electron chi connectivity index (χ1n) is 17.3. The third kappa shape index (κ3) is 4.52. The molecule has 0 saturated heterocycles. The topological polar surface area (TPSA) is 50.9 Å². The molecule has 4 nitrogen and oxygen atoms in total. The highest BCUT2D eigenvalue weighted by molar-refractivity contribution is 5.75. The Labute approximate surface area is 292 Å². The fraction of sp³-hybridized carbons (Fsp3) is 0.130. The Kier molecular flexibility index (Phi) is 6.96. The quantitative estimate of drug-likeness (QED) is 0.187. The lowest BCUT2D eigenvalue weighted by molar-refractivity contribution is 0.424. The highest BCUT2D eigenvalue weighted by Crippen LogP contribution is 2.55. The van der Waals surface area contributed by atoms with Crippen molar-refractivity contribution in [3.63, 3.8) is 0 Å². The van der Waals surface area contributed by atoms with Crippen molar-refractivity contribution in [3.8, 4) is 11.4 Å². The summed E-state index contributed by atoms with van der Waals surface area (Å²) in [6.45, 7) is 4.62. The summed E-state index contributed by atoms with van der Waals surface area (Å²) >= 11 is 0. The number of phenolic OH excluding ortho intramolecular Hbond substituents is 1. The van der Waals surface area contributed by atoms with Crippen LogP contribution in [0.2, 0.25) is 0 Å². The van der Waals surface area contributed by atoms with Gasteiger partial charge < -0.3 is 5.11 Å². The third-order valence-electron chi connectivity index (χ3n) is 11.3. The van der Waals surface area contributed by atoms with E-state index < -0.39 is 10.8 Å². The number of hydrogen-bond donors (Lipinski definition) is 1. The van der Waals surface area contributed by atoms with Crippen molar-refractivity contribution in [1.82, 2.24) is 15.0 Å². The molecule has 1 heterocycles. The predicted molar refractivity (Wildman–Crippen MR) is 203 cm³/mol. The molecule has 1 aromatic heterocycles. The Bertz CT molecular complexity index is 2410. The molecule has 0 aliphatic heterocycles. The second-order valence-electron chi connectivity index (χ2n) is 13.9. The van der Waals surface area contributed by atoms with E-state index in [2.05, 4.69) is 159 Å². The Hall–Kier alpha value is -6.00. The molecular formula is C46H37N3O. The van der Waals surface area contributed by atoms with Gasteiger partial charge in [-0.05, 0) is 57.1 Å². The van der Waals surface area contributed by atoms with Gasteiger partial charge in [-0.3, -0.25) is 0 Å². The van der Waals surface area contributed by atoms with Crippen LogP contribution in [0.5, 0.6) is 5.75 Å². The van der Waals surface area contributed by atoms with Crippen LogP contribution >= 0.6 is 0 Å². The largest absolute Gasteiger partial charge is 0.505 e. The predicted octanol–water partition coefficient (Wildman–Crippen LogP) is 10.4. The molecular weight excluding hydrogens is 611 g/mol. The van der Waals surface area contributed by atoms with Crippen LogP contribution in [0.25, 0.3) is 28.9 Å². The van der Waals surface area contributed by atoms with Gasteiger partial charge in [0.15, 0.2) is 0 Å². The van der Waals surface area contributed by atoms with Crippen molar-refractivity contribution >= 4 is 23.2 Å². The second kappa shape index (κ2) is 11.6. The summed E-state index contributed by atoms with van der Waals surface area (Å²) < 4.78 is 0. The van der Waals surface area contributed by atoms with E-state index in [4.69, 9.17) is 10.2 Å². The zero-order valence-electron chi connectivity index (χ0n) is 28.1. The van der Waals surface area contributed by atoms with E-state index in [9.17, 15) is 5.11 Å². The van der Waals surface area contributed by atoms with E-state index in [1.165, 1.54) is 27.8 Å². The molecule has 0 bridgehead atoms. The number of benzene rings is 6. The Balaban J connectivity index is 1.37. The van der Waals surface area contributed by atoms with Crippen LogP contribution in [-0.2, 0) is 10.8 Å². The summed E-state index contributed by atoms with van der Waals surface area (Å²) in [5.41, 5.74) is 10.1. The summed E-state index contributed by atoms with van der Waals surface area (Å²) in [4.78, 5) is 1.63. The van der Waals surface area contributed by atoms with Crippen LogP contribution in [-0.4, -0.2) is 20.1 Å². The maximum Gasteiger partial charge on any atom is 0.147 e. The maximum absolute atomic E-state index is 12.7. The number of hydrogen-bond acceptors (Lipinski definition) is 3. The molecule has 0 amide bonds. The lowest BCUT2D eigenvalue weighted by atomic mass is 9.62. The fourth-order valence-electron chi connectivity index (χ4n) is 8.54. The van der Waals surface area contributed by atoms with Gasteiger partial charge in [-0.2, -0.15) is 0 Å². The van der Waals surface area contributed by atoms with Gasteiger partial charge in [0.2, 0.25) is 0 Å². The van der Waals surface area contributed by atoms with Crippen LogP contribution < -0.4 is 0 Å². The molecule has 0 radical (unpaired) electrons. The van der Waals surface area contributed by atoms with Crippen molar-refractivity contribution in [2.45, 2.75) is 36.5 Å². The Morgan fingerprint density at radius 2 is 0.980 bits per heavy atom. The minimum atomic E-state index is -0.660. The smallest absolute Gasteiger partial charge is 0.147 e. The molecule has 0 fully saturated rings. The molecule has 0 spiro atoms. The van der Waals surface area contributed by atoms with Gasteiger partial charge >= 0.3 is 0 Å². The molecule has 0 saturated carbocycles. The molecule has 2 aliphatic carbocycles. The standard InChI is InChI=1S/C46H37N3O/c1-45(33-17-5-3-6-18-33,38-27-25-31-15-9-11-21-36(31)38)35-29-40(44(50)43(30-35)49-47-41-23-13-14-24-42(41)48-49)46(2,34-19-7-4-8-20-34)39-28-26-32-16-10-12-22-37(32)39/h3-30,38-39,50H,1-2H3. The van der Waals surface area contributed by atoms with Gasteiger partial charge in [-0.1, -0.05) is 166 Å². The van der Waals surface area contributed by atoms with Crippen molar-refractivity contribution in [3.05, 3.63) is 202 Å². The summed E-state index contributed by atoms with van der Waals surface area (Å²) in [6.07, 6.45) is 9.12. The third-order valence-corrected chi connectivity index (χ3v) is 11.3. The lowest BCUT2D eigenvalue weighted by Crippen LogP contribution is -2.34. The van der Waals surface area contributed by atoms with Crippen LogP contribution in [0, 0.1) is 0 Å². The fourth-order valence-corrected chi connectivity index (χ4v) is 8.54. The van der Waals surface area contributed by atoms with Crippen LogP contribution in [0.1, 0.15) is 70.2 Å². The van der Waals surface area contributed by atoms with Gasteiger partial charge in [-0.15, -0.1) is 15.0 Å². The van der Waals surface area contributed by atoms with E-state index in [1.807, 2.05) is 24.3 Å². The Morgan fingerprint density at radius 1 is 0.520 bits per heavy atom. The number of fused-ring (bicyclic) bond motifs is 3. The van der Waals surface area contributed by atoms with E-state index in [1.54, 1.807) is 4.80 Å². The average molecular weight is 648 g/mol. The first kappa shape index (κ1) is 30.1. The summed E-state index contributed by atoms with van der Waals surface area (Å²) in [5, 5.41) is 22.6. The van der Waals surface area contributed by atoms with Crippen molar-refractivity contribution < 1.29 is 5.11 Å². The van der Waals surface area contributed by atoms with Crippen molar-refractivity contribution in [1.29, 1.82) is 0 Å². The molecule has 2 aliphatic rings. The molecule has 242 valence electrons. The van der Waals surface area contributed by atoms with Crippen molar-refractivity contribution in [2.24, 2.45) is 0 Å². The molecule has 4 unspecified atom stereocenters. The highest BCUT2D eigenvalue weighted by Gasteiger charge is 2.45. The Morgan fingerprint density at radius 3 is 1.54 bits per heavy atom. The minimum Gasteiger partial charge on any atom is -0.505 e. The van der Waals surface area contributed by atoms with Gasteiger partial charge in [0.25, 0.3) is 0 Å². The van der Waals surface area contributed by atoms with E-state index >= 15 is 0 Å². The number of phenols is 1. The van der Waals surface area contributed by atoms with Gasteiger partial charge in [0.1, 0.15) is 22.5 Å². The van der Waals surface area contributed by atoms with Gasteiger partial charge in [0, 0.05) is 28.2 Å². The minimum absolute atomic E-state index is 0.0326. The monoisotopic (exact) mass is 647 g/mol. The van der Waals surface area contributed by atoms with E-state index in [0.29, 0.717) is 5.69 Å². The molecule has 4 atom stereocenters. The molecule has 4 heteroatoms. The zero-order chi connectivity index (χ0) is 33.9. The van der Waals surface area contributed by atoms with Gasteiger partial charge in [0.05, 0.1) is 0 Å². The summed E-state index contributed by atoms with van der Waals surface area (Å²) in [5.74, 6) is 0.192. The van der Waals surface area contributed by atoms with E-state index in [-0.39, 0.29) is 17.6 Å². The maximum atomic E-state index is 12.7. The number of rotatable bonds is 7. The van der Waals surface area contributed by atoms with Crippen LogP contribution in [0.15, 0.2) is 158 Å². The first-order valence-corrected chi connectivity index (χ1v) is 17.3. The number of aromatic hydroxyl groups is 1. The number of aromatic nitrogens is 3. The van der Waals surface area contributed by atoms with Gasteiger partial charge in [-0.25, -0.2) is 0 Å². The summed E-state index contributed by atoms with van der Waals surface area (Å²) in [7, 11) is 0. The first-order chi connectivity index (χ1) is 24.5. The second-order valence-corrected chi connectivity index (χ2v) is 13.9. The molecule has 7 aromatic rings. The molecule has 50 heavy (non-hydrogen) atoms. The normalized spacial score (nSPS) is 18.4. The summed E-state index contributed by atoms with van der Waals surface area (Å²) in [6, 6.07) is 50.9. The molecule has 9 rings (SSSR count). The average Bonchev–Trinajstić information content (AvgIpc) is 3.92. The zero-order valence-corrected chi connectivity index (χ0v) is 28.1. The lowest BCUT2D eigenvalue weighted by Gasteiger charge is -2.41. The van der Waals surface area contributed by atoms with Crippen LogP contribution in [0.3, 0.4) is 0 Å². The SMILES string of the molecule is CC(c1ccccc1)(c1cc(-n2nc3ccccc3n2)c(O)c(C(C)(c2ccccc2)C2C=Cc3ccccc32)c1)C1C=Cc2ccccc21. The van der Waals surface area contributed by atoms with E-state index in [0.717, 1.165) is 27.7 Å². The van der Waals surface area contributed by atoms with Crippen molar-refractivity contribution in [2.75, 3.05) is 0 Å².